The Morgan fingerprint density at radius 1 is 1.11 bits per heavy atom. The molecule has 0 aliphatic carbocycles. The first-order valence-electron chi connectivity index (χ1n) is 8.08. The molecule has 3 rings (SSSR count). The van der Waals surface area contributed by atoms with Gasteiger partial charge in [0.1, 0.15) is 11.6 Å². The summed E-state index contributed by atoms with van der Waals surface area (Å²) in [4.78, 5) is 56.0. The Kier molecular flexibility index (Phi) is 5.75. The van der Waals surface area contributed by atoms with Crippen LogP contribution in [0.1, 0.15) is 5.56 Å². The SMILES string of the molecule is Nc1cc(=O)[nH]c(SCC(=O)Nc2cc(=O)[nH]c(=O)n2Cc2ccccc2)n1. The third-order valence-electron chi connectivity index (χ3n) is 3.56. The van der Waals surface area contributed by atoms with Gasteiger partial charge in [0.25, 0.3) is 11.1 Å². The van der Waals surface area contributed by atoms with E-state index in [1.807, 2.05) is 30.3 Å². The number of amides is 1. The minimum Gasteiger partial charge on any atom is -0.383 e. The number of nitrogen functional groups attached to an aromatic ring is 1. The van der Waals surface area contributed by atoms with Gasteiger partial charge >= 0.3 is 5.69 Å². The van der Waals surface area contributed by atoms with E-state index in [0.717, 1.165) is 29.5 Å². The normalized spacial score (nSPS) is 10.6. The Morgan fingerprint density at radius 3 is 2.54 bits per heavy atom. The molecule has 0 spiro atoms. The van der Waals surface area contributed by atoms with Crippen molar-refractivity contribution >= 4 is 29.3 Å². The van der Waals surface area contributed by atoms with Gasteiger partial charge in [-0.05, 0) is 5.56 Å². The number of carbonyl (C=O) groups excluding carboxylic acids is 1. The van der Waals surface area contributed by atoms with Gasteiger partial charge in [-0.3, -0.25) is 23.9 Å². The molecule has 5 N–H and O–H groups in total. The molecule has 2 heterocycles. The third-order valence-corrected chi connectivity index (χ3v) is 4.44. The fraction of sp³-hybridized carbons (Fsp3) is 0.118. The van der Waals surface area contributed by atoms with Crippen LogP contribution in [0.15, 0.2) is 62.0 Å². The van der Waals surface area contributed by atoms with E-state index in [-0.39, 0.29) is 29.1 Å². The maximum atomic E-state index is 12.3. The van der Waals surface area contributed by atoms with Crippen LogP contribution in [-0.2, 0) is 11.3 Å². The fourth-order valence-corrected chi connectivity index (χ4v) is 3.06. The Balaban J connectivity index is 1.77. The molecule has 0 radical (unpaired) electrons. The summed E-state index contributed by atoms with van der Waals surface area (Å²) in [5.74, 6) is -0.490. The molecule has 3 aromatic rings. The number of anilines is 2. The van der Waals surface area contributed by atoms with Crippen molar-refractivity contribution in [1.82, 2.24) is 19.5 Å². The van der Waals surface area contributed by atoms with E-state index in [1.54, 1.807) is 0 Å². The van der Waals surface area contributed by atoms with Gasteiger partial charge in [-0.15, -0.1) is 0 Å². The quantitative estimate of drug-likeness (QED) is 0.335. The Labute approximate surface area is 161 Å². The van der Waals surface area contributed by atoms with Crippen LogP contribution in [-0.4, -0.2) is 31.2 Å². The maximum absolute atomic E-state index is 12.3. The summed E-state index contributed by atoms with van der Waals surface area (Å²) in [7, 11) is 0. The van der Waals surface area contributed by atoms with Crippen LogP contribution >= 0.6 is 11.8 Å². The number of nitrogens with two attached hydrogens (primary N) is 1. The van der Waals surface area contributed by atoms with Gasteiger partial charge in [0.2, 0.25) is 5.91 Å². The number of hydrogen-bond acceptors (Lipinski definition) is 7. The third kappa shape index (κ3) is 4.98. The van der Waals surface area contributed by atoms with Crippen LogP contribution in [0.3, 0.4) is 0 Å². The first-order valence-corrected chi connectivity index (χ1v) is 9.07. The predicted molar refractivity (Wildman–Crippen MR) is 105 cm³/mol. The molecular weight excluding hydrogens is 384 g/mol. The minimum atomic E-state index is -0.638. The van der Waals surface area contributed by atoms with Crippen LogP contribution in [0.5, 0.6) is 0 Å². The Hall–Kier alpha value is -3.60. The summed E-state index contributed by atoms with van der Waals surface area (Å²) >= 11 is 0.962. The highest BCUT2D eigenvalue weighted by Crippen LogP contribution is 2.13. The fourth-order valence-electron chi connectivity index (χ4n) is 2.38. The van der Waals surface area contributed by atoms with Crippen LogP contribution in [0.4, 0.5) is 11.6 Å². The summed E-state index contributed by atoms with van der Waals surface area (Å²) in [6, 6.07) is 11.4. The van der Waals surface area contributed by atoms with Crippen molar-refractivity contribution in [3.05, 3.63) is 79.2 Å². The van der Waals surface area contributed by atoms with E-state index in [9.17, 15) is 19.2 Å². The van der Waals surface area contributed by atoms with Crippen LogP contribution < -0.4 is 27.9 Å². The molecule has 11 heteroatoms. The number of carbonyl (C=O) groups is 1. The maximum Gasteiger partial charge on any atom is 0.330 e. The molecule has 0 bridgehead atoms. The van der Waals surface area contributed by atoms with Gasteiger partial charge < -0.3 is 16.0 Å². The molecule has 1 aromatic carbocycles. The van der Waals surface area contributed by atoms with E-state index < -0.39 is 22.7 Å². The lowest BCUT2D eigenvalue weighted by Gasteiger charge is -2.13. The number of thioether (sulfide) groups is 1. The van der Waals surface area contributed by atoms with Crippen molar-refractivity contribution in [1.29, 1.82) is 0 Å². The van der Waals surface area contributed by atoms with E-state index in [2.05, 4.69) is 20.3 Å². The molecule has 0 fully saturated rings. The van der Waals surface area contributed by atoms with Gasteiger partial charge in [-0.1, -0.05) is 42.1 Å². The predicted octanol–water partition coefficient (Wildman–Crippen LogP) is -0.0188. The second-order valence-electron chi connectivity index (χ2n) is 5.71. The standard InChI is InChI=1S/C17H16N6O4S/c18-11-6-13(24)21-16(19-11)28-9-15(26)20-12-7-14(25)22-17(27)23(12)8-10-4-2-1-3-5-10/h1-7H,8-9H2,(H,20,26)(H,22,25,27)(H3,18,19,21,24). The lowest BCUT2D eigenvalue weighted by Crippen LogP contribution is -2.33. The average molecular weight is 400 g/mol. The molecular formula is C17H16N6O4S. The Morgan fingerprint density at radius 2 is 1.82 bits per heavy atom. The summed E-state index contributed by atoms with van der Waals surface area (Å²) in [6.07, 6.45) is 0. The molecule has 0 unspecified atom stereocenters. The molecule has 28 heavy (non-hydrogen) atoms. The molecule has 10 nitrogen and oxygen atoms in total. The van der Waals surface area contributed by atoms with Crippen molar-refractivity contribution in [2.75, 3.05) is 16.8 Å². The summed E-state index contributed by atoms with van der Waals surface area (Å²) < 4.78 is 1.25. The smallest absolute Gasteiger partial charge is 0.330 e. The van der Waals surface area contributed by atoms with Gasteiger partial charge in [-0.2, -0.15) is 0 Å². The number of benzene rings is 1. The molecule has 1 amide bonds. The van der Waals surface area contributed by atoms with E-state index >= 15 is 0 Å². The lowest BCUT2D eigenvalue weighted by molar-refractivity contribution is -0.113. The van der Waals surface area contributed by atoms with Gasteiger partial charge in [-0.25, -0.2) is 9.78 Å². The van der Waals surface area contributed by atoms with Crippen molar-refractivity contribution in [3.63, 3.8) is 0 Å². The monoisotopic (exact) mass is 400 g/mol. The summed E-state index contributed by atoms with van der Waals surface area (Å²) in [5.41, 5.74) is 4.62. The Bertz CT molecular complexity index is 1170. The number of nitrogens with one attached hydrogen (secondary N) is 3. The summed E-state index contributed by atoms with van der Waals surface area (Å²) in [5, 5.41) is 2.73. The van der Waals surface area contributed by atoms with E-state index in [1.165, 1.54) is 4.57 Å². The van der Waals surface area contributed by atoms with Gasteiger partial charge in [0.15, 0.2) is 5.16 Å². The molecule has 0 saturated carbocycles. The van der Waals surface area contributed by atoms with Crippen molar-refractivity contribution in [2.24, 2.45) is 0 Å². The first kappa shape index (κ1) is 19.2. The lowest BCUT2D eigenvalue weighted by atomic mass is 10.2. The zero-order chi connectivity index (χ0) is 20.1. The highest BCUT2D eigenvalue weighted by molar-refractivity contribution is 7.99. The number of aromatic nitrogens is 4. The van der Waals surface area contributed by atoms with E-state index in [0.29, 0.717) is 0 Å². The zero-order valence-electron chi connectivity index (χ0n) is 14.5. The number of nitrogens with zero attached hydrogens (tertiary/aromatic N) is 2. The molecule has 0 saturated heterocycles. The van der Waals surface area contributed by atoms with Crippen molar-refractivity contribution < 1.29 is 4.79 Å². The first-order chi connectivity index (χ1) is 13.4. The second-order valence-corrected chi connectivity index (χ2v) is 6.67. The topological polar surface area (TPSA) is 156 Å². The summed E-state index contributed by atoms with van der Waals surface area (Å²) in [6.45, 7) is 0.170. The zero-order valence-corrected chi connectivity index (χ0v) is 15.3. The molecule has 0 atom stereocenters. The van der Waals surface area contributed by atoms with Crippen molar-refractivity contribution in [3.8, 4) is 0 Å². The molecule has 0 aliphatic heterocycles. The average Bonchev–Trinajstić information content (AvgIpc) is 2.63. The largest absolute Gasteiger partial charge is 0.383 e. The highest BCUT2D eigenvalue weighted by Gasteiger charge is 2.12. The molecule has 144 valence electrons. The highest BCUT2D eigenvalue weighted by atomic mass is 32.2. The minimum absolute atomic E-state index is 0.0398. The van der Waals surface area contributed by atoms with Crippen molar-refractivity contribution in [2.45, 2.75) is 11.7 Å². The van der Waals surface area contributed by atoms with Crippen LogP contribution in [0, 0.1) is 0 Å². The van der Waals surface area contributed by atoms with Gasteiger partial charge in [0, 0.05) is 12.1 Å². The van der Waals surface area contributed by atoms with E-state index in [4.69, 9.17) is 5.73 Å². The van der Waals surface area contributed by atoms with Crippen LogP contribution in [0.25, 0.3) is 0 Å². The number of H-pyrrole nitrogens is 2. The second kappa shape index (κ2) is 8.39. The molecule has 0 aliphatic rings. The van der Waals surface area contributed by atoms with Gasteiger partial charge in [0.05, 0.1) is 12.3 Å². The number of rotatable bonds is 6. The molecule has 2 aromatic heterocycles. The van der Waals surface area contributed by atoms with Crippen LogP contribution in [0.2, 0.25) is 0 Å². The number of aromatic amines is 2. The number of hydrogen-bond donors (Lipinski definition) is 4.